The van der Waals surface area contributed by atoms with Gasteiger partial charge < -0.3 is 30.6 Å². The van der Waals surface area contributed by atoms with Gasteiger partial charge in [-0.05, 0) is 131 Å². The van der Waals surface area contributed by atoms with E-state index < -0.39 is 20.0 Å². The standard InChI is InChI=1S/C25H36ClN3O3S2.C25H33N5O4S2/c1-2-3-4-5-6-16-27-22-8-7-17-29(18-15-22)34(31,32)24-14-13-23(33-24)19-28-25(30)20-9-11-21(26)12-10-20;1-34-22-7-2-5-20(17-22)25(31)28-18-23-8-9-24(35-23)36(32,33)30-14-3-6-21(10-15-30)27-11-4-13-29-16-12-26-19-29/h9-14,22,27H,2-8,15-19H2,1H3,(H,28,30);2,5,7-9,12,16-17,19,21,27H,3-4,6,10-11,13-15,18H2,1H3,(H,28,31). The predicted octanol–water partition coefficient (Wildman–Crippen LogP) is 8.54. The second kappa shape index (κ2) is 28.2. The van der Waals surface area contributed by atoms with Crippen molar-refractivity contribution in [3.63, 3.8) is 0 Å². The first-order valence-corrected chi connectivity index (χ1v) is 29.3. The number of rotatable bonds is 23. The SMILES string of the molecule is CCCCCCCNC1CCCN(S(=O)(=O)c2ccc(CNC(=O)c3ccc(Cl)cc3)s2)CC1.COc1cccc(C(=O)NCc2ccc(S(=O)(=O)N3CCCC(NCCCn4ccnc4)CC3)s2)c1. The molecule has 2 aliphatic rings. The summed E-state index contributed by atoms with van der Waals surface area (Å²) >= 11 is 8.30. The van der Waals surface area contributed by atoms with E-state index in [1.54, 1.807) is 94.7 Å². The topological polar surface area (TPSA) is 184 Å². The lowest BCUT2D eigenvalue weighted by Crippen LogP contribution is -2.34. The largest absolute Gasteiger partial charge is 0.497 e. The number of hydrogen-bond acceptors (Lipinski definition) is 12. The van der Waals surface area contributed by atoms with Gasteiger partial charge in [-0.1, -0.05) is 50.3 Å². The van der Waals surface area contributed by atoms with Crippen molar-refractivity contribution < 1.29 is 31.2 Å². The van der Waals surface area contributed by atoms with Gasteiger partial charge in [-0.3, -0.25) is 9.59 Å². The number of aromatic nitrogens is 2. The molecule has 20 heteroatoms. The molecule has 15 nitrogen and oxygen atoms in total. The van der Waals surface area contributed by atoms with E-state index in [9.17, 15) is 26.4 Å². The summed E-state index contributed by atoms with van der Waals surface area (Å²) in [6, 6.07) is 21.1. The van der Waals surface area contributed by atoms with E-state index in [-0.39, 0.29) is 24.9 Å². The number of thiophene rings is 2. The van der Waals surface area contributed by atoms with E-state index in [1.165, 1.54) is 54.8 Å². The Bertz CT molecular complexity index is 2590. The minimum absolute atomic E-state index is 0.217. The van der Waals surface area contributed by atoms with Crippen LogP contribution in [0.4, 0.5) is 0 Å². The molecule has 2 saturated heterocycles. The number of nitrogens with zero attached hydrogens (tertiary/aromatic N) is 4. The number of amides is 2. The highest BCUT2D eigenvalue weighted by molar-refractivity contribution is 7.91. The van der Waals surface area contributed by atoms with E-state index in [1.807, 2.05) is 12.5 Å². The summed E-state index contributed by atoms with van der Waals surface area (Å²) in [6.45, 7) is 7.71. The van der Waals surface area contributed by atoms with Gasteiger partial charge in [0.1, 0.15) is 14.2 Å². The number of hydrogen-bond donors (Lipinski definition) is 4. The summed E-state index contributed by atoms with van der Waals surface area (Å²) in [5.74, 6) is 0.158. The molecule has 2 aromatic carbocycles. The molecule has 382 valence electrons. The number of halogens is 1. The zero-order chi connectivity index (χ0) is 49.8. The molecule has 2 unspecified atom stereocenters. The average molecular weight is 1060 g/mol. The fourth-order valence-corrected chi connectivity index (χ4v) is 14.4. The van der Waals surface area contributed by atoms with Crippen LogP contribution in [-0.2, 0) is 39.7 Å². The van der Waals surface area contributed by atoms with E-state index in [2.05, 4.69) is 37.7 Å². The van der Waals surface area contributed by atoms with Crippen LogP contribution < -0.4 is 26.0 Å². The number of ether oxygens (including phenoxy) is 1. The maximum Gasteiger partial charge on any atom is 0.252 e. The lowest BCUT2D eigenvalue weighted by Gasteiger charge is -2.19. The smallest absolute Gasteiger partial charge is 0.252 e. The Labute approximate surface area is 427 Å². The third-order valence-electron chi connectivity index (χ3n) is 12.4. The first-order valence-electron chi connectivity index (χ1n) is 24.4. The fourth-order valence-electron chi connectivity index (χ4n) is 8.39. The van der Waals surface area contributed by atoms with Gasteiger partial charge in [-0.25, -0.2) is 21.8 Å². The van der Waals surface area contributed by atoms with Crippen LogP contribution in [0.25, 0.3) is 0 Å². The summed E-state index contributed by atoms with van der Waals surface area (Å²) in [6.07, 6.45) is 18.1. The van der Waals surface area contributed by atoms with Crippen LogP contribution in [0.2, 0.25) is 5.02 Å². The van der Waals surface area contributed by atoms with Gasteiger partial charge >= 0.3 is 0 Å². The van der Waals surface area contributed by atoms with Crippen molar-refractivity contribution in [2.45, 2.75) is 124 Å². The number of methoxy groups -OCH3 is 1. The molecule has 0 spiro atoms. The molecular formula is C50H69ClN8O7S4. The van der Waals surface area contributed by atoms with E-state index >= 15 is 0 Å². The molecule has 0 saturated carbocycles. The summed E-state index contributed by atoms with van der Waals surface area (Å²) < 4.78 is 64.1. The number of nitrogens with one attached hydrogen (secondary N) is 4. The first-order chi connectivity index (χ1) is 33.8. The van der Waals surface area contributed by atoms with Crippen molar-refractivity contribution in [3.8, 4) is 5.75 Å². The Morgan fingerprint density at radius 2 is 1.27 bits per heavy atom. The zero-order valence-corrected chi connectivity index (χ0v) is 44.3. The quantitative estimate of drug-likeness (QED) is 0.0463. The average Bonchev–Trinajstić information content (AvgIpc) is 4.11. The summed E-state index contributed by atoms with van der Waals surface area (Å²) in [7, 11) is -5.53. The summed E-state index contributed by atoms with van der Waals surface area (Å²) in [4.78, 5) is 30.4. The van der Waals surface area contributed by atoms with Crippen LogP contribution in [0.5, 0.6) is 5.75 Å². The number of aryl methyl sites for hydroxylation is 1. The van der Waals surface area contributed by atoms with Crippen LogP contribution in [0.3, 0.4) is 0 Å². The molecule has 0 bridgehead atoms. The van der Waals surface area contributed by atoms with Gasteiger partial charge in [-0.2, -0.15) is 8.61 Å². The molecule has 2 aliphatic heterocycles. The van der Waals surface area contributed by atoms with E-state index in [0.29, 0.717) is 68.6 Å². The highest BCUT2D eigenvalue weighted by Crippen LogP contribution is 2.29. The monoisotopic (exact) mass is 1060 g/mol. The highest BCUT2D eigenvalue weighted by Gasteiger charge is 2.30. The van der Waals surface area contributed by atoms with Crippen molar-refractivity contribution >= 4 is 66.1 Å². The van der Waals surface area contributed by atoms with E-state index in [4.69, 9.17) is 16.3 Å². The van der Waals surface area contributed by atoms with Crippen molar-refractivity contribution in [2.24, 2.45) is 0 Å². The Hall–Kier alpha value is -4.18. The van der Waals surface area contributed by atoms with Gasteiger partial charge in [0.25, 0.3) is 31.9 Å². The molecule has 2 atom stereocenters. The first kappa shape index (κ1) is 55.1. The van der Waals surface area contributed by atoms with Crippen LogP contribution >= 0.6 is 34.3 Å². The summed E-state index contributed by atoms with van der Waals surface area (Å²) in [5, 5.41) is 13.5. The second-order valence-electron chi connectivity index (χ2n) is 17.6. The third-order valence-corrected chi connectivity index (χ3v) is 19.6. The van der Waals surface area contributed by atoms with Gasteiger partial charge in [0.15, 0.2) is 0 Å². The van der Waals surface area contributed by atoms with Gasteiger partial charge in [0.2, 0.25) is 0 Å². The molecule has 5 aromatic rings. The zero-order valence-electron chi connectivity index (χ0n) is 40.3. The maximum atomic E-state index is 13.3. The number of unbranched alkanes of at least 4 members (excludes halogenated alkanes) is 4. The van der Waals surface area contributed by atoms with Crippen molar-refractivity contribution in [3.05, 3.63) is 117 Å². The Kier molecular flexibility index (Phi) is 22.2. The lowest BCUT2D eigenvalue weighted by molar-refractivity contribution is 0.0943. The molecule has 2 amide bonds. The van der Waals surface area contributed by atoms with E-state index in [0.717, 1.165) is 74.3 Å². The van der Waals surface area contributed by atoms with Gasteiger partial charge in [0.05, 0.1) is 26.5 Å². The molecule has 0 aliphatic carbocycles. The molecule has 5 heterocycles. The Balaban J connectivity index is 0.000000230. The Morgan fingerprint density at radius 3 is 1.83 bits per heavy atom. The molecular weight excluding hydrogens is 988 g/mol. The van der Waals surface area contributed by atoms with Crippen molar-refractivity contribution in [1.82, 2.24) is 39.4 Å². The molecule has 2 fully saturated rings. The van der Waals surface area contributed by atoms with Crippen LogP contribution in [0.15, 0.2) is 99.9 Å². The molecule has 3 aromatic heterocycles. The predicted molar refractivity (Wildman–Crippen MR) is 280 cm³/mol. The third kappa shape index (κ3) is 17.0. The molecule has 70 heavy (non-hydrogen) atoms. The number of imidazole rings is 1. The van der Waals surface area contributed by atoms with Crippen molar-refractivity contribution in [2.75, 3.05) is 46.4 Å². The van der Waals surface area contributed by atoms with Gasteiger partial charge in [-0.15, -0.1) is 22.7 Å². The maximum absolute atomic E-state index is 13.3. The number of benzene rings is 2. The fraction of sp³-hybridized carbons (Fsp3) is 0.500. The molecule has 7 rings (SSSR count). The molecule has 4 N–H and O–H groups in total. The lowest BCUT2D eigenvalue weighted by atomic mass is 10.1. The highest BCUT2D eigenvalue weighted by atomic mass is 35.5. The molecule has 0 radical (unpaired) electrons. The second-order valence-corrected chi connectivity index (χ2v) is 24.7. The van der Waals surface area contributed by atoms with Gasteiger partial charge in [0, 0.05) is 83.1 Å². The normalized spacial score (nSPS) is 17.2. The number of sulfonamides is 2. The van der Waals surface area contributed by atoms with Crippen LogP contribution in [0.1, 0.15) is 114 Å². The Morgan fingerprint density at radius 1 is 0.700 bits per heavy atom. The summed E-state index contributed by atoms with van der Waals surface area (Å²) in [5.41, 5.74) is 1.01. The minimum Gasteiger partial charge on any atom is -0.497 e. The minimum atomic E-state index is -3.56. The number of carbonyl (C=O) groups is 2. The van der Waals surface area contributed by atoms with Crippen LogP contribution in [-0.4, -0.2) is 105 Å². The van der Waals surface area contributed by atoms with Crippen molar-refractivity contribution in [1.29, 1.82) is 0 Å². The van der Waals surface area contributed by atoms with Crippen LogP contribution in [0, 0.1) is 0 Å². The number of carbonyl (C=O) groups excluding carboxylic acids is 2.